The SMILES string of the molecule is Cc1ccc(C(c2ccc(C)o2)c2ccc(C)o2)cc1. The smallest absolute Gasteiger partial charge is 0.119 e. The Labute approximate surface area is 119 Å². The maximum atomic E-state index is 5.83. The van der Waals surface area contributed by atoms with Crippen LogP contribution in [0.15, 0.2) is 57.4 Å². The molecule has 3 rings (SSSR count). The van der Waals surface area contributed by atoms with Gasteiger partial charge in [-0.1, -0.05) is 29.8 Å². The van der Waals surface area contributed by atoms with E-state index in [1.807, 2.05) is 38.1 Å². The molecule has 0 aliphatic carbocycles. The summed E-state index contributed by atoms with van der Waals surface area (Å²) in [5.41, 5.74) is 2.43. The minimum Gasteiger partial charge on any atom is -0.465 e. The predicted octanol–water partition coefficient (Wildman–Crippen LogP) is 4.98. The van der Waals surface area contributed by atoms with Crippen molar-refractivity contribution in [3.63, 3.8) is 0 Å². The van der Waals surface area contributed by atoms with Gasteiger partial charge in [0.1, 0.15) is 29.0 Å². The molecule has 20 heavy (non-hydrogen) atoms. The van der Waals surface area contributed by atoms with Crippen LogP contribution in [0.4, 0.5) is 0 Å². The molecule has 0 bridgehead atoms. The van der Waals surface area contributed by atoms with Crippen LogP contribution in [0.2, 0.25) is 0 Å². The van der Waals surface area contributed by atoms with Crippen LogP contribution in [0.5, 0.6) is 0 Å². The molecular formula is C18H18O2. The van der Waals surface area contributed by atoms with E-state index in [2.05, 4.69) is 31.2 Å². The van der Waals surface area contributed by atoms with E-state index < -0.39 is 0 Å². The lowest BCUT2D eigenvalue weighted by Crippen LogP contribution is -2.01. The van der Waals surface area contributed by atoms with Gasteiger partial charge in [0.05, 0.1) is 0 Å². The zero-order chi connectivity index (χ0) is 14.1. The first-order valence-electron chi connectivity index (χ1n) is 6.83. The normalized spacial score (nSPS) is 11.2. The fourth-order valence-electron chi connectivity index (χ4n) is 2.44. The molecule has 1 aromatic carbocycles. The number of hydrogen-bond donors (Lipinski definition) is 0. The van der Waals surface area contributed by atoms with E-state index in [1.165, 1.54) is 11.1 Å². The van der Waals surface area contributed by atoms with Crippen molar-refractivity contribution in [1.29, 1.82) is 0 Å². The molecule has 0 saturated heterocycles. The van der Waals surface area contributed by atoms with Gasteiger partial charge in [0, 0.05) is 0 Å². The first-order valence-corrected chi connectivity index (χ1v) is 6.83. The molecule has 0 saturated carbocycles. The van der Waals surface area contributed by atoms with Crippen LogP contribution in [0.3, 0.4) is 0 Å². The fourth-order valence-corrected chi connectivity index (χ4v) is 2.44. The molecule has 0 radical (unpaired) electrons. The summed E-state index contributed by atoms with van der Waals surface area (Å²) in [7, 11) is 0. The van der Waals surface area contributed by atoms with Crippen molar-refractivity contribution < 1.29 is 8.83 Å². The van der Waals surface area contributed by atoms with E-state index in [1.54, 1.807) is 0 Å². The zero-order valence-corrected chi connectivity index (χ0v) is 12.0. The molecule has 0 fully saturated rings. The van der Waals surface area contributed by atoms with Crippen molar-refractivity contribution in [2.24, 2.45) is 0 Å². The second-order valence-corrected chi connectivity index (χ2v) is 5.24. The van der Waals surface area contributed by atoms with Gasteiger partial charge in [0.2, 0.25) is 0 Å². The third kappa shape index (κ3) is 2.42. The molecule has 0 spiro atoms. The molecule has 102 valence electrons. The van der Waals surface area contributed by atoms with Crippen molar-refractivity contribution in [2.45, 2.75) is 26.7 Å². The molecule has 0 N–H and O–H groups in total. The maximum Gasteiger partial charge on any atom is 0.119 e. The quantitative estimate of drug-likeness (QED) is 0.668. The highest BCUT2D eigenvalue weighted by Crippen LogP contribution is 2.34. The van der Waals surface area contributed by atoms with Crippen molar-refractivity contribution >= 4 is 0 Å². The highest BCUT2D eigenvalue weighted by molar-refractivity contribution is 5.37. The van der Waals surface area contributed by atoms with Gasteiger partial charge < -0.3 is 8.83 Å². The molecule has 2 heteroatoms. The fraction of sp³-hybridized carbons (Fsp3) is 0.222. The molecule has 2 nitrogen and oxygen atoms in total. The monoisotopic (exact) mass is 266 g/mol. The lowest BCUT2D eigenvalue weighted by Gasteiger charge is -2.13. The van der Waals surface area contributed by atoms with E-state index >= 15 is 0 Å². The maximum absolute atomic E-state index is 5.83. The standard InChI is InChI=1S/C18H18O2/c1-12-4-8-15(9-5-12)18(16-10-6-13(2)19-16)17-11-7-14(3)20-17/h4-11,18H,1-3H3. The summed E-state index contributed by atoms with van der Waals surface area (Å²) in [6, 6.07) is 16.5. The number of hydrogen-bond acceptors (Lipinski definition) is 2. The predicted molar refractivity (Wildman–Crippen MR) is 79.0 cm³/mol. The minimum atomic E-state index is 0.0120. The van der Waals surface area contributed by atoms with Gasteiger partial charge in [-0.25, -0.2) is 0 Å². The van der Waals surface area contributed by atoms with Gasteiger partial charge >= 0.3 is 0 Å². The Kier molecular flexibility index (Phi) is 3.23. The van der Waals surface area contributed by atoms with Gasteiger partial charge in [-0.2, -0.15) is 0 Å². The summed E-state index contributed by atoms with van der Waals surface area (Å²) >= 11 is 0. The Hall–Kier alpha value is -2.22. The Bertz CT molecular complexity index is 661. The van der Waals surface area contributed by atoms with Crippen molar-refractivity contribution in [1.82, 2.24) is 0 Å². The van der Waals surface area contributed by atoms with Crippen molar-refractivity contribution in [2.75, 3.05) is 0 Å². The van der Waals surface area contributed by atoms with Crippen LogP contribution in [0.25, 0.3) is 0 Å². The molecule has 0 unspecified atom stereocenters. The lowest BCUT2D eigenvalue weighted by molar-refractivity contribution is 0.428. The highest BCUT2D eigenvalue weighted by atomic mass is 16.4. The molecule has 2 aromatic heterocycles. The van der Waals surface area contributed by atoms with Gasteiger partial charge in [-0.05, 0) is 50.6 Å². The van der Waals surface area contributed by atoms with Crippen molar-refractivity contribution in [3.05, 3.63) is 82.7 Å². The van der Waals surface area contributed by atoms with Gasteiger partial charge in [0.15, 0.2) is 0 Å². The Morgan fingerprint density at radius 3 is 1.55 bits per heavy atom. The second-order valence-electron chi connectivity index (χ2n) is 5.24. The summed E-state index contributed by atoms with van der Waals surface area (Å²) in [6.07, 6.45) is 0. The number of furan rings is 2. The average molecular weight is 266 g/mol. The van der Waals surface area contributed by atoms with E-state index in [9.17, 15) is 0 Å². The summed E-state index contributed by atoms with van der Waals surface area (Å²) in [4.78, 5) is 0. The summed E-state index contributed by atoms with van der Waals surface area (Å²) in [5.74, 6) is 3.68. The van der Waals surface area contributed by atoms with Crippen LogP contribution in [0.1, 0.15) is 40.1 Å². The third-order valence-electron chi connectivity index (χ3n) is 3.50. The summed E-state index contributed by atoms with van der Waals surface area (Å²) < 4.78 is 11.7. The van der Waals surface area contributed by atoms with E-state index in [0.717, 1.165) is 23.0 Å². The number of aryl methyl sites for hydroxylation is 3. The van der Waals surface area contributed by atoms with Gasteiger partial charge in [-0.3, -0.25) is 0 Å². The number of rotatable bonds is 3. The Morgan fingerprint density at radius 2 is 1.15 bits per heavy atom. The van der Waals surface area contributed by atoms with Gasteiger partial charge in [-0.15, -0.1) is 0 Å². The van der Waals surface area contributed by atoms with E-state index in [0.29, 0.717) is 0 Å². The van der Waals surface area contributed by atoms with Crippen LogP contribution in [-0.4, -0.2) is 0 Å². The van der Waals surface area contributed by atoms with E-state index in [-0.39, 0.29) is 5.92 Å². The Morgan fingerprint density at radius 1 is 0.650 bits per heavy atom. The third-order valence-corrected chi connectivity index (χ3v) is 3.50. The molecule has 0 aliphatic rings. The first kappa shape index (κ1) is 12.8. The highest BCUT2D eigenvalue weighted by Gasteiger charge is 2.22. The molecule has 0 amide bonds. The lowest BCUT2D eigenvalue weighted by atomic mass is 9.93. The molecule has 2 heterocycles. The largest absolute Gasteiger partial charge is 0.465 e. The number of benzene rings is 1. The summed E-state index contributed by atoms with van der Waals surface area (Å²) in [5, 5.41) is 0. The zero-order valence-electron chi connectivity index (χ0n) is 12.0. The van der Waals surface area contributed by atoms with Crippen LogP contribution >= 0.6 is 0 Å². The molecule has 0 aliphatic heterocycles. The molecular weight excluding hydrogens is 248 g/mol. The molecule has 3 aromatic rings. The minimum absolute atomic E-state index is 0.0120. The van der Waals surface area contributed by atoms with Crippen LogP contribution in [0, 0.1) is 20.8 Å². The second kappa shape index (κ2) is 5.04. The van der Waals surface area contributed by atoms with Crippen LogP contribution in [-0.2, 0) is 0 Å². The first-order chi connectivity index (χ1) is 9.63. The van der Waals surface area contributed by atoms with Crippen molar-refractivity contribution in [3.8, 4) is 0 Å². The Balaban J connectivity index is 2.10. The topological polar surface area (TPSA) is 26.3 Å². The summed E-state index contributed by atoms with van der Waals surface area (Å²) in [6.45, 7) is 6.01. The van der Waals surface area contributed by atoms with E-state index in [4.69, 9.17) is 8.83 Å². The average Bonchev–Trinajstić information content (AvgIpc) is 3.02. The van der Waals surface area contributed by atoms with Gasteiger partial charge in [0.25, 0.3) is 0 Å². The van der Waals surface area contributed by atoms with Crippen LogP contribution < -0.4 is 0 Å². The molecule has 0 atom stereocenters.